The highest BCUT2D eigenvalue weighted by Gasteiger charge is 2.18. The molecule has 0 saturated carbocycles. The Labute approximate surface area is 114 Å². The van der Waals surface area contributed by atoms with E-state index < -0.39 is 12.0 Å². The Morgan fingerprint density at radius 1 is 1.44 bits per heavy atom. The average Bonchev–Trinajstić information content (AvgIpc) is 2.27. The van der Waals surface area contributed by atoms with Crippen molar-refractivity contribution in [1.82, 2.24) is 5.32 Å². The summed E-state index contributed by atoms with van der Waals surface area (Å²) in [6.07, 6.45) is 0. The van der Waals surface area contributed by atoms with Gasteiger partial charge in [-0.3, -0.25) is 4.79 Å². The first-order valence-corrected chi connectivity index (χ1v) is 6.19. The Kier molecular flexibility index (Phi) is 5.15. The van der Waals surface area contributed by atoms with Crippen LogP contribution in [0.1, 0.15) is 12.5 Å². The first kappa shape index (κ1) is 14.5. The van der Waals surface area contributed by atoms with Gasteiger partial charge < -0.3 is 15.7 Å². The number of carboxylic acids is 1. The third-order valence-electron chi connectivity index (χ3n) is 2.29. The monoisotopic (exact) mass is 314 g/mol. The van der Waals surface area contributed by atoms with Gasteiger partial charge in [0.05, 0.1) is 0 Å². The van der Waals surface area contributed by atoms with E-state index in [1.54, 1.807) is 0 Å². The van der Waals surface area contributed by atoms with E-state index in [-0.39, 0.29) is 12.5 Å². The van der Waals surface area contributed by atoms with Gasteiger partial charge in [0.15, 0.2) is 0 Å². The minimum Gasteiger partial charge on any atom is -0.480 e. The van der Waals surface area contributed by atoms with Gasteiger partial charge in [-0.2, -0.15) is 0 Å². The quantitative estimate of drug-likeness (QED) is 0.774. The number of rotatable bonds is 5. The van der Waals surface area contributed by atoms with E-state index in [1.165, 1.54) is 6.92 Å². The van der Waals surface area contributed by atoms with Crippen LogP contribution in [0.5, 0.6) is 0 Å². The van der Waals surface area contributed by atoms with Crippen molar-refractivity contribution in [2.45, 2.75) is 19.9 Å². The van der Waals surface area contributed by atoms with Crippen LogP contribution in [0.4, 0.5) is 5.69 Å². The summed E-state index contributed by atoms with van der Waals surface area (Å²) in [5.41, 5.74) is 1.86. The second kappa shape index (κ2) is 6.39. The number of nitrogens with one attached hydrogen (secondary N) is 2. The second-order valence-electron chi connectivity index (χ2n) is 3.96. The number of carboxylic acid groups (broad SMARTS) is 1. The molecule has 1 atom stereocenters. The molecule has 0 aliphatic heterocycles. The molecule has 3 N–H and O–H groups in total. The Bertz CT molecular complexity index is 463. The Balaban J connectivity index is 2.69. The normalized spacial score (nSPS) is 11.7. The summed E-state index contributed by atoms with van der Waals surface area (Å²) in [6, 6.07) is 4.77. The Hall–Kier alpha value is -1.56. The molecule has 0 fully saturated rings. The van der Waals surface area contributed by atoms with Gasteiger partial charge in [-0.1, -0.05) is 6.07 Å². The molecule has 0 aliphatic carbocycles. The van der Waals surface area contributed by atoms with E-state index in [4.69, 9.17) is 5.11 Å². The molecule has 0 bridgehead atoms. The molecule has 0 radical (unpaired) electrons. The lowest BCUT2D eigenvalue weighted by molar-refractivity contribution is -0.141. The maximum Gasteiger partial charge on any atom is 0.328 e. The smallest absolute Gasteiger partial charge is 0.328 e. The number of carbonyl (C=O) groups excluding carboxylic acids is 1. The number of aryl methyl sites for hydroxylation is 1. The van der Waals surface area contributed by atoms with E-state index in [0.717, 1.165) is 15.7 Å². The maximum absolute atomic E-state index is 10.9. The van der Waals surface area contributed by atoms with E-state index in [0.29, 0.717) is 0 Å². The number of benzene rings is 1. The van der Waals surface area contributed by atoms with Crippen molar-refractivity contribution < 1.29 is 14.7 Å². The van der Waals surface area contributed by atoms with Crippen LogP contribution in [-0.2, 0) is 9.59 Å². The molecule has 1 rings (SSSR count). The summed E-state index contributed by atoms with van der Waals surface area (Å²) in [4.78, 5) is 21.8. The highest BCUT2D eigenvalue weighted by Crippen LogP contribution is 2.23. The zero-order chi connectivity index (χ0) is 13.7. The summed E-state index contributed by atoms with van der Waals surface area (Å²) < 4.78 is 0.847. The summed E-state index contributed by atoms with van der Waals surface area (Å²) in [5.74, 6) is -1.44. The van der Waals surface area contributed by atoms with E-state index in [1.807, 2.05) is 25.1 Å². The number of amides is 1. The Morgan fingerprint density at radius 3 is 2.67 bits per heavy atom. The predicted octanol–water partition coefficient (Wildman–Crippen LogP) is 1.76. The number of halogens is 1. The SMILES string of the molecule is CC(=O)NC(CNc1cc(C)ccc1Br)C(=O)O. The van der Waals surface area contributed by atoms with Gasteiger partial charge in [0, 0.05) is 23.6 Å². The number of carbonyl (C=O) groups is 2. The Morgan fingerprint density at radius 2 is 2.11 bits per heavy atom. The third-order valence-corrected chi connectivity index (χ3v) is 2.99. The molecule has 0 aliphatic rings. The summed E-state index contributed by atoms with van der Waals surface area (Å²) in [5, 5.41) is 14.3. The van der Waals surface area contributed by atoms with Gasteiger partial charge in [-0.05, 0) is 40.5 Å². The number of anilines is 1. The van der Waals surface area contributed by atoms with Crippen LogP contribution < -0.4 is 10.6 Å². The molecule has 98 valence electrons. The standard InChI is InChI=1S/C12H15BrN2O3/c1-7-3-4-9(13)10(5-7)14-6-11(12(17)18)15-8(2)16/h3-5,11,14H,6H2,1-2H3,(H,15,16)(H,17,18). The predicted molar refractivity (Wildman–Crippen MR) is 72.6 cm³/mol. The van der Waals surface area contributed by atoms with Crippen molar-refractivity contribution in [3.05, 3.63) is 28.2 Å². The maximum atomic E-state index is 10.9. The fraction of sp³-hybridized carbons (Fsp3) is 0.333. The molecule has 6 heteroatoms. The minimum absolute atomic E-state index is 0.122. The van der Waals surface area contributed by atoms with Crippen LogP contribution in [0.3, 0.4) is 0 Å². The molecule has 1 aromatic rings. The lowest BCUT2D eigenvalue weighted by Gasteiger charge is -2.16. The fourth-order valence-corrected chi connectivity index (χ4v) is 1.82. The topological polar surface area (TPSA) is 78.4 Å². The van der Waals surface area contributed by atoms with E-state index in [9.17, 15) is 9.59 Å². The number of hydrogen-bond acceptors (Lipinski definition) is 3. The van der Waals surface area contributed by atoms with Gasteiger partial charge in [-0.25, -0.2) is 4.79 Å². The van der Waals surface area contributed by atoms with Crippen molar-refractivity contribution in [2.75, 3.05) is 11.9 Å². The van der Waals surface area contributed by atoms with Crippen LogP contribution >= 0.6 is 15.9 Å². The average molecular weight is 315 g/mol. The van der Waals surface area contributed by atoms with Crippen LogP contribution in [-0.4, -0.2) is 29.6 Å². The molecule has 0 saturated heterocycles. The largest absolute Gasteiger partial charge is 0.480 e. The van der Waals surface area contributed by atoms with Crippen LogP contribution in [0.25, 0.3) is 0 Å². The highest BCUT2D eigenvalue weighted by atomic mass is 79.9. The lowest BCUT2D eigenvalue weighted by atomic mass is 10.2. The van der Waals surface area contributed by atoms with Crippen molar-refractivity contribution in [3.63, 3.8) is 0 Å². The zero-order valence-electron chi connectivity index (χ0n) is 10.2. The molecule has 1 unspecified atom stereocenters. The number of aliphatic carboxylic acids is 1. The highest BCUT2D eigenvalue weighted by molar-refractivity contribution is 9.10. The van der Waals surface area contributed by atoms with Crippen molar-refractivity contribution in [1.29, 1.82) is 0 Å². The summed E-state index contributed by atoms with van der Waals surface area (Å²) in [6.45, 7) is 3.36. The first-order valence-electron chi connectivity index (χ1n) is 5.40. The molecule has 1 amide bonds. The molecular formula is C12H15BrN2O3. The second-order valence-corrected chi connectivity index (χ2v) is 4.81. The molecule has 18 heavy (non-hydrogen) atoms. The van der Waals surface area contributed by atoms with Gasteiger partial charge >= 0.3 is 5.97 Å². The van der Waals surface area contributed by atoms with Gasteiger partial charge in [0.25, 0.3) is 0 Å². The van der Waals surface area contributed by atoms with Gasteiger partial charge in [0.2, 0.25) is 5.91 Å². The third kappa shape index (κ3) is 4.37. The van der Waals surface area contributed by atoms with Crippen molar-refractivity contribution in [3.8, 4) is 0 Å². The lowest BCUT2D eigenvalue weighted by Crippen LogP contribution is -2.44. The minimum atomic E-state index is -1.07. The van der Waals surface area contributed by atoms with Crippen LogP contribution in [0, 0.1) is 6.92 Å². The van der Waals surface area contributed by atoms with Crippen LogP contribution in [0.15, 0.2) is 22.7 Å². The van der Waals surface area contributed by atoms with Crippen molar-refractivity contribution in [2.24, 2.45) is 0 Å². The fourth-order valence-electron chi connectivity index (χ4n) is 1.43. The molecule has 0 aromatic heterocycles. The van der Waals surface area contributed by atoms with E-state index >= 15 is 0 Å². The molecule has 0 spiro atoms. The van der Waals surface area contributed by atoms with Gasteiger partial charge in [0.1, 0.15) is 6.04 Å². The van der Waals surface area contributed by atoms with E-state index in [2.05, 4.69) is 26.6 Å². The molecule has 0 heterocycles. The summed E-state index contributed by atoms with van der Waals surface area (Å²) in [7, 11) is 0. The van der Waals surface area contributed by atoms with Gasteiger partial charge in [-0.15, -0.1) is 0 Å². The zero-order valence-corrected chi connectivity index (χ0v) is 11.7. The number of hydrogen-bond donors (Lipinski definition) is 3. The molecule has 5 nitrogen and oxygen atoms in total. The molecular weight excluding hydrogens is 300 g/mol. The summed E-state index contributed by atoms with van der Waals surface area (Å²) >= 11 is 3.37. The van der Waals surface area contributed by atoms with Crippen molar-refractivity contribution >= 4 is 33.5 Å². The van der Waals surface area contributed by atoms with Crippen LogP contribution in [0.2, 0.25) is 0 Å². The first-order chi connectivity index (χ1) is 8.40. The molecule has 1 aromatic carbocycles.